The molecule has 0 saturated heterocycles. The molecule has 0 atom stereocenters. The quantitative estimate of drug-likeness (QED) is 0.594. The van der Waals surface area contributed by atoms with Crippen LogP contribution in [0.25, 0.3) is 0 Å². The largest absolute Gasteiger partial charge is 0.394 e. The fourth-order valence-corrected chi connectivity index (χ4v) is 0.500. The summed E-state index contributed by atoms with van der Waals surface area (Å²) in [6, 6.07) is 0. The second kappa shape index (κ2) is 16.0. The van der Waals surface area contributed by atoms with E-state index in [1.807, 2.05) is 0 Å². The summed E-state index contributed by atoms with van der Waals surface area (Å²) >= 11 is 0. The molecule has 64 valence electrons. The van der Waals surface area contributed by atoms with Crippen molar-refractivity contribution in [2.24, 2.45) is 0 Å². The van der Waals surface area contributed by atoms with E-state index in [2.05, 4.69) is 13.8 Å². The van der Waals surface area contributed by atoms with Crippen molar-refractivity contribution in [3.05, 3.63) is 0 Å². The van der Waals surface area contributed by atoms with Gasteiger partial charge < -0.3 is 10.2 Å². The van der Waals surface area contributed by atoms with Gasteiger partial charge in [0.2, 0.25) is 0 Å². The van der Waals surface area contributed by atoms with Crippen LogP contribution in [0.15, 0.2) is 0 Å². The van der Waals surface area contributed by atoms with Crippen LogP contribution in [0.4, 0.5) is 0 Å². The first-order chi connectivity index (χ1) is 4.83. The van der Waals surface area contributed by atoms with Crippen molar-refractivity contribution in [2.75, 3.05) is 13.2 Å². The van der Waals surface area contributed by atoms with Gasteiger partial charge in [-0.1, -0.05) is 39.5 Å². The molecule has 0 aromatic heterocycles. The van der Waals surface area contributed by atoms with Crippen LogP contribution in [0.1, 0.15) is 39.5 Å². The van der Waals surface area contributed by atoms with Crippen molar-refractivity contribution >= 4 is 0 Å². The fraction of sp³-hybridized carbons (Fsp3) is 1.00. The summed E-state index contributed by atoms with van der Waals surface area (Å²) in [5.74, 6) is 0. The Labute approximate surface area is 63.9 Å². The Balaban J connectivity index is 0. The molecule has 0 bridgehead atoms. The molecule has 0 aliphatic heterocycles. The van der Waals surface area contributed by atoms with Crippen molar-refractivity contribution in [1.29, 1.82) is 0 Å². The van der Waals surface area contributed by atoms with Gasteiger partial charge in [-0.2, -0.15) is 0 Å². The van der Waals surface area contributed by atoms with E-state index in [-0.39, 0.29) is 13.2 Å². The van der Waals surface area contributed by atoms with Gasteiger partial charge in [-0.3, -0.25) is 0 Å². The average Bonchev–Trinajstić information content (AvgIpc) is 2.01. The molecule has 0 spiro atoms. The van der Waals surface area contributed by atoms with Crippen LogP contribution in [0, 0.1) is 0 Å². The van der Waals surface area contributed by atoms with Gasteiger partial charge in [0.1, 0.15) is 0 Å². The lowest BCUT2D eigenvalue weighted by Crippen LogP contribution is -1.85. The first kappa shape index (κ1) is 12.6. The standard InChI is InChI=1S/C6H14.C2H6O2/c1-3-5-6-4-2;3-1-2-4/h3-6H2,1-2H3;3-4H,1-2H2. The Hall–Kier alpha value is -0.0800. The summed E-state index contributed by atoms with van der Waals surface area (Å²) in [6.07, 6.45) is 5.54. The maximum Gasteiger partial charge on any atom is 0.0662 e. The lowest BCUT2D eigenvalue weighted by molar-refractivity contribution is 0.186. The SMILES string of the molecule is CCCCCC.OCCO. The van der Waals surface area contributed by atoms with Gasteiger partial charge in [0, 0.05) is 0 Å². The highest BCUT2D eigenvalue weighted by atomic mass is 16.3. The van der Waals surface area contributed by atoms with Gasteiger partial charge in [-0.25, -0.2) is 0 Å². The van der Waals surface area contributed by atoms with E-state index in [1.165, 1.54) is 25.7 Å². The van der Waals surface area contributed by atoms with E-state index >= 15 is 0 Å². The zero-order chi connectivity index (χ0) is 8.24. The zero-order valence-electron chi connectivity index (χ0n) is 7.14. The zero-order valence-corrected chi connectivity index (χ0v) is 7.14. The topological polar surface area (TPSA) is 40.5 Å². The summed E-state index contributed by atoms with van der Waals surface area (Å²) in [6.45, 7) is 4.21. The molecule has 0 aromatic carbocycles. The first-order valence-electron chi connectivity index (χ1n) is 4.05. The average molecular weight is 148 g/mol. The Kier molecular flexibility index (Phi) is 20.1. The van der Waals surface area contributed by atoms with Gasteiger partial charge in [0.15, 0.2) is 0 Å². The molecule has 0 unspecified atom stereocenters. The van der Waals surface area contributed by atoms with Crippen LogP contribution in [-0.2, 0) is 0 Å². The van der Waals surface area contributed by atoms with Crippen molar-refractivity contribution in [1.82, 2.24) is 0 Å². The molecule has 0 aliphatic rings. The monoisotopic (exact) mass is 148 g/mol. The summed E-state index contributed by atoms with van der Waals surface area (Å²) in [7, 11) is 0. The lowest BCUT2D eigenvalue weighted by Gasteiger charge is -1.86. The number of rotatable bonds is 4. The van der Waals surface area contributed by atoms with E-state index in [4.69, 9.17) is 10.2 Å². The lowest BCUT2D eigenvalue weighted by atomic mass is 10.2. The molecular weight excluding hydrogens is 128 g/mol. The summed E-state index contributed by atoms with van der Waals surface area (Å²) in [5.41, 5.74) is 0. The Morgan fingerprint density at radius 1 is 0.800 bits per heavy atom. The van der Waals surface area contributed by atoms with Gasteiger partial charge in [0.05, 0.1) is 13.2 Å². The van der Waals surface area contributed by atoms with Crippen molar-refractivity contribution < 1.29 is 10.2 Å². The summed E-state index contributed by atoms with van der Waals surface area (Å²) in [5, 5.41) is 15.2. The predicted octanol–water partition coefficient (Wildman–Crippen LogP) is 1.56. The van der Waals surface area contributed by atoms with E-state index in [0.717, 1.165) is 0 Å². The molecule has 10 heavy (non-hydrogen) atoms. The van der Waals surface area contributed by atoms with Gasteiger partial charge in [-0.05, 0) is 0 Å². The number of unbranched alkanes of at least 4 members (excludes halogenated alkanes) is 3. The van der Waals surface area contributed by atoms with Crippen LogP contribution in [0.5, 0.6) is 0 Å². The highest BCUT2D eigenvalue weighted by Gasteiger charge is 1.75. The van der Waals surface area contributed by atoms with E-state index in [9.17, 15) is 0 Å². The Morgan fingerprint density at radius 3 is 1.20 bits per heavy atom. The van der Waals surface area contributed by atoms with Crippen LogP contribution in [0.3, 0.4) is 0 Å². The Bertz CT molecular complexity index is 32.2. The molecule has 0 aliphatic carbocycles. The van der Waals surface area contributed by atoms with E-state index in [0.29, 0.717) is 0 Å². The molecule has 2 heteroatoms. The maximum atomic E-state index is 7.62. The third-order valence-electron chi connectivity index (χ3n) is 1.06. The van der Waals surface area contributed by atoms with Crippen molar-refractivity contribution in [2.45, 2.75) is 39.5 Å². The van der Waals surface area contributed by atoms with E-state index < -0.39 is 0 Å². The minimum atomic E-state index is -0.125. The van der Waals surface area contributed by atoms with Crippen molar-refractivity contribution in [3.8, 4) is 0 Å². The smallest absolute Gasteiger partial charge is 0.0662 e. The predicted molar refractivity (Wildman–Crippen MR) is 44.0 cm³/mol. The molecular formula is C8H20O2. The Morgan fingerprint density at radius 2 is 1.10 bits per heavy atom. The van der Waals surface area contributed by atoms with Crippen LogP contribution >= 0.6 is 0 Å². The molecule has 0 fully saturated rings. The van der Waals surface area contributed by atoms with E-state index in [1.54, 1.807) is 0 Å². The summed E-state index contributed by atoms with van der Waals surface area (Å²) in [4.78, 5) is 0. The number of aliphatic hydroxyl groups is 2. The number of hydrogen-bond donors (Lipinski definition) is 2. The minimum absolute atomic E-state index is 0.125. The number of hydrogen-bond acceptors (Lipinski definition) is 2. The third kappa shape index (κ3) is 24.7. The minimum Gasteiger partial charge on any atom is -0.394 e. The molecule has 2 N–H and O–H groups in total. The van der Waals surface area contributed by atoms with Gasteiger partial charge in [0.25, 0.3) is 0 Å². The third-order valence-corrected chi connectivity index (χ3v) is 1.06. The molecule has 0 radical (unpaired) electrons. The molecule has 0 amide bonds. The van der Waals surface area contributed by atoms with Gasteiger partial charge in [-0.15, -0.1) is 0 Å². The van der Waals surface area contributed by atoms with Crippen molar-refractivity contribution in [3.63, 3.8) is 0 Å². The molecule has 0 aromatic rings. The van der Waals surface area contributed by atoms with Gasteiger partial charge >= 0.3 is 0 Å². The molecule has 0 saturated carbocycles. The van der Waals surface area contributed by atoms with Crippen LogP contribution in [-0.4, -0.2) is 23.4 Å². The second-order valence-electron chi connectivity index (χ2n) is 2.15. The van der Waals surface area contributed by atoms with Crippen LogP contribution < -0.4 is 0 Å². The highest BCUT2D eigenvalue weighted by molar-refractivity contribution is 4.31. The summed E-state index contributed by atoms with van der Waals surface area (Å²) < 4.78 is 0. The first-order valence-corrected chi connectivity index (χ1v) is 4.05. The molecule has 2 nitrogen and oxygen atoms in total. The normalized spacial score (nSPS) is 8.40. The second-order valence-corrected chi connectivity index (χ2v) is 2.15. The highest BCUT2D eigenvalue weighted by Crippen LogP contribution is 1.95. The molecule has 0 rings (SSSR count). The molecule has 0 heterocycles. The maximum absolute atomic E-state index is 7.62. The number of aliphatic hydroxyl groups excluding tert-OH is 2. The van der Waals surface area contributed by atoms with Crippen LogP contribution in [0.2, 0.25) is 0 Å². The fourth-order valence-electron chi connectivity index (χ4n) is 0.500.